The molecule has 2 aromatic rings. The van der Waals surface area contributed by atoms with Gasteiger partial charge in [0, 0.05) is 0 Å². The van der Waals surface area contributed by atoms with Gasteiger partial charge in [0.2, 0.25) is 5.76 Å². The van der Waals surface area contributed by atoms with E-state index in [4.69, 9.17) is 9.52 Å². The minimum Gasteiger partial charge on any atom is -0.475 e. The number of carboxylic acids is 1. The van der Waals surface area contributed by atoms with Crippen molar-refractivity contribution >= 4 is 5.97 Å². The monoisotopic (exact) mass is 273 g/mol. The first-order valence-corrected chi connectivity index (χ1v) is 6.74. The van der Waals surface area contributed by atoms with Gasteiger partial charge in [-0.05, 0) is 36.6 Å². The molecule has 0 aliphatic heterocycles. The van der Waals surface area contributed by atoms with Crippen LogP contribution in [0.2, 0.25) is 0 Å². The molecule has 1 atom stereocenters. The molecule has 0 aliphatic rings. The summed E-state index contributed by atoms with van der Waals surface area (Å²) in [6.07, 6.45) is 1.02. The summed E-state index contributed by atoms with van der Waals surface area (Å²) in [5.41, 5.74) is 1.33. The Bertz CT molecular complexity index is 548. The second-order valence-corrected chi connectivity index (χ2v) is 4.85. The van der Waals surface area contributed by atoms with Gasteiger partial charge < -0.3 is 14.8 Å². The second-order valence-electron chi connectivity index (χ2n) is 4.85. The SMILES string of the molecule is CC(CCNCc1ccc(C(=O)O)o1)c1ccccc1. The molecule has 20 heavy (non-hydrogen) atoms. The third-order valence-corrected chi connectivity index (χ3v) is 3.29. The van der Waals surface area contributed by atoms with E-state index in [0.717, 1.165) is 13.0 Å². The van der Waals surface area contributed by atoms with Crippen LogP contribution in [0.1, 0.15) is 41.1 Å². The highest BCUT2D eigenvalue weighted by Crippen LogP contribution is 2.17. The first-order valence-electron chi connectivity index (χ1n) is 6.74. The fourth-order valence-electron chi connectivity index (χ4n) is 2.07. The molecule has 1 heterocycles. The minimum absolute atomic E-state index is 0.0144. The maximum absolute atomic E-state index is 10.7. The fourth-order valence-corrected chi connectivity index (χ4v) is 2.07. The average Bonchev–Trinajstić information content (AvgIpc) is 2.93. The van der Waals surface area contributed by atoms with E-state index in [1.165, 1.54) is 11.6 Å². The Labute approximate surface area is 118 Å². The van der Waals surface area contributed by atoms with Crippen LogP contribution in [0.3, 0.4) is 0 Å². The zero-order valence-corrected chi connectivity index (χ0v) is 11.5. The van der Waals surface area contributed by atoms with Crippen molar-refractivity contribution in [2.45, 2.75) is 25.8 Å². The average molecular weight is 273 g/mol. The highest BCUT2D eigenvalue weighted by molar-refractivity contribution is 5.84. The summed E-state index contributed by atoms with van der Waals surface area (Å²) in [6.45, 7) is 3.61. The van der Waals surface area contributed by atoms with E-state index in [9.17, 15) is 4.79 Å². The molecule has 0 bridgehead atoms. The predicted molar refractivity (Wildman–Crippen MR) is 76.8 cm³/mol. The molecule has 0 fully saturated rings. The lowest BCUT2D eigenvalue weighted by atomic mass is 9.98. The Morgan fingerprint density at radius 1 is 1.25 bits per heavy atom. The summed E-state index contributed by atoms with van der Waals surface area (Å²) < 4.78 is 5.17. The van der Waals surface area contributed by atoms with Gasteiger partial charge in [-0.25, -0.2) is 4.79 Å². The standard InChI is InChI=1S/C16H19NO3/c1-12(13-5-3-2-4-6-13)9-10-17-11-14-7-8-15(20-14)16(18)19/h2-8,12,17H,9-11H2,1H3,(H,18,19). The molecule has 1 unspecified atom stereocenters. The van der Waals surface area contributed by atoms with Crippen LogP contribution in [-0.4, -0.2) is 17.6 Å². The number of aromatic carboxylic acids is 1. The summed E-state index contributed by atoms with van der Waals surface area (Å²) in [4.78, 5) is 10.7. The normalized spacial score (nSPS) is 12.2. The molecule has 106 valence electrons. The van der Waals surface area contributed by atoms with Gasteiger partial charge in [0.1, 0.15) is 5.76 Å². The van der Waals surface area contributed by atoms with E-state index in [0.29, 0.717) is 18.2 Å². The van der Waals surface area contributed by atoms with E-state index < -0.39 is 5.97 Å². The van der Waals surface area contributed by atoms with Gasteiger partial charge in [0.05, 0.1) is 6.54 Å². The molecule has 0 saturated heterocycles. The number of nitrogens with one attached hydrogen (secondary N) is 1. The van der Waals surface area contributed by atoms with Gasteiger partial charge in [-0.1, -0.05) is 37.3 Å². The van der Waals surface area contributed by atoms with Gasteiger partial charge >= 0.3 is 5.97 Å². The molecule has 2 N–H and O–H groups in total. The van der Waals surface area contributed by atoms with Gasteiger partial charge in [-0.3, -0.25) is 0 Å². The van der Waals surface area contributed by atoms with E-state index in [1.807, 2.05) is 6.07 Å². The van der Waals surface area contributed by atoms with Crippen molar-refractivity contribution in [3.05, 3.63) is 59.5 Å². The van der Waals surface area contributed by atoms with E-state index in [-0.39, 0.29) is 5.76 Å². The Morgan fingerprint density at radius 3 is 2.65 bits per heavy atom. The molecule has 1 aromatic carbocycles. The van der Waals surface area contributed by atoms with Gasteiger partial charge in [-0.15, -0.1) is 0 Å². The molecule has 0 amide bonds. The molecular formula is C16H19NO3. The van der Waals surface area contributed by atoms with Crippen molar-refractivity contribution in [1.82, 2.24) is 5.32 Å². The molecule has 4 nitrogen and oxygen atoms in total. The number of furan rings is 1. The number of carboxylic acid groups (broad SMARTS) is 1. The molecule has 4 heteroatoms. The van der Waals surface area contributed by atoms with Crippen molar-refractivity contribution < 1.29 is 14.3 Å². The second kappa shape index (κ2) is 6.91. The lowest BCUT2D eigenvalue weighted by molar-refractivity contribution is 0.0660. The van der Waals surface area contributed by atoms with E-state index in [1.54, 1.807) is 6.07 Å². The third kappa shape index (κ3) is 3.96. The Kier molecular flexibility index (Phi) is 4.96. The smallest absolute Gasteiger partial charge is 0.371 e. The number of rotatable bonds is 7. The largest absolute Gasteiger partial charge is 0.475 e. The fraction of sp³-hybridized carbons (Fsp3) is 0.312. The molecule has 2 rings (SSSR count). The van der Waals surface area contributed by atoms with Crippen LogP contribution >= 0.6 is 0 Å². The topological polar surface area (TPSA) is 62.5 Å². The summed E-state index contributed by atoms with van der Waals surface area (Å²) >= 11 is 0. The molecule has 0 spiro atoms. The van der Waals surface area contributed by atoms with Crippen molar-refractivity contribution in [3.8, 4) is 0 Å². The Balaban J connectivity index is 1.72. The zero-order valence-electron chi connectivity index (χ0n) is 11.5. The van der Waals surface area contributed by atoms with Crippen molar-refractivity contribution in [3.63, 3.8) is 0 Å². The third-order valence-electron chi connectivity index (χ3n) is 3.29. The highest BCUT2D eigenvalue weighted by Gasteiger charge is 2.09. The molecular weight excluding hydrogens is 254 g/mol. The summed E-state index contributed by atoms with van der Waals surface area (Å²) in [7, 11) is 0. The van der Waals surface area contributed by atoms with E-state index in [2.05, 4.69) is 36.5 Å². The maximum Gasteiger partial charge on any atom is 0.371 e. The summed E-state index contributed by atoms with van der Waals surface area (Å²) in [6, 6.07) is 13.6. The summed E-state index contributed by atoms with van der Waals surface area (Å²) in [5.74, 6) is 0.0954. The van der Waals surface area contributed by atoms with Crippen LogP contribution in [0, 0.1) is 0 Å². The van der Waals surface area contributed by atoms with Crippen molar-refractivity contribution in [2.24, 2.45) is 0 Å². The number of carbonyl (C=O) groups is 1. The molecule has 0 saturated carbocycles. The first-order chi connectivity index (χ1) is 9.66. The lowest BCUT2D eigenvalue weighted by Gasteiger charge is -2.11. The molecule has 0 radical (unpaired) electrons. The minimum atomic E-state index is -1.03. The number of hydrogen-bond acceptors (Lipinski definition) is 3. The van der Waals surface area contributed by atoms with Crippen molar-refractivity contribution in [1.29, 1.82) is 0 Å². The highest BCUT2D eigenvalue weighted by atomic mass is 16.4. The Hall–Kier alpha value is -2.07. The number of benzene rings is 1. The van der Waals surface area contributed by atoms with Gasteiger partial charge in [0.25, 0.3) is 0 Å². The van der Waals surface area contributed by atoms with Crippen LogP contribution in [-0.2, 0) is 6.54 Å². The van der Waals surface area contributed by atoms with Crippen LogP contribution in [0.15, 0.2) is 46.9 Å². The molecule has 0 aliphatic carbocycles. The predicted octanol–water partition coefficient (Wildman–Crippen LogP) is 3.26. The van der Waals surface area contributed by atoms with Gasteiger partial charge in [-0.2, -0.15) is 0 Å². The first kappa shape index (κ1) is 14.3. The number of hydrogen-bond donors (Lipinski definition) is 2. The van der Waals surface area contributed by atoms with Crippen LogP contribution in [0.25, 0.3) is 0 Å². The molecule has 1 aromatic heterocycles. The van der Waals surface area contributed by atoms with Gasteiger partial charge in [0.15, 0.2) is 0 Å². The van der Waals surface area contributed by atoms with Crippen LogP contribution in [0.4, 0.5) is 0 Å². The Morgan fingerprint density at radius 2 is 2.00 bits per heavy atom. The van der Waals surface area contributed by atoms with Crippen LogP contribution < -0.4 is 5.32 Å². The zero-order chi connectivity index (χ0) is 14.4. The summed E-state index contributed by atoms with van der Waals surface area (Å²) in [5, 5.41) is 12.0. The maximum atomic E-state index is 10.7. The van der Waals surface area contributed by atoms with Crippen LogP contribution in [0.5, 0.6) is 0 Å². The quantitative estimate of drug-likeness (QED) is 0.760. The lowest BCUT2D eigenvalue weighted by Crippen LogP contribution is -2.16. The van der Waals surface area contributed by atoms with E-state index >= 15 is 0 Å². The van der Waals surface area contributed by atoms with Crippen molar-refractivity contribution in [2.75, 3.05) is 6.54 Å².